The molecule has 0 bridgehead atoms. The van der Waals surface area contributed by atoms with Crippen molar-refractivity contribution >= 4 is 62.7 Å². The Kier molecular flexibility index (Phi) is 7.53. The molecule has 0 atom stereocenters. The average molecular weight is 557 g/mol. The Bertz CT molecular complexity index is 1170. The van der Waals surface area contributed by atoms with E-state index in [4.69, 9.17) is 27.9 Å². The zero-order chi connectivity index (χ0) is 23.5. The number of phenolic OH excluding ortho intramolecular Hbond substituents is 1. The average Bonchev–Trinajstić information content (AvgIpc) is 2.80. The molecule has 2 aromatic rings. The van der Waals surface area contributed by atoms with E-state index in [2.05, 4.69) is 36.4 Å². The Labute approximate surface area is 209 Å². The molecular weight excluding hydrogens is 536 g/mol. The summed E-state index contributed by atoms with van der Waals surface area (Å²) in [7, 11) is 0. The molecule has 0 radical (unpaired) electrons. The highest BCUT2D eigenvalue weighted by atomic mass is 79.9. The van der Waals surface area contributed by atoms with Gasteiger partial charge < -0.3 is 14.7 Å². The lowest BCUT2D eigenvalue weighted by Crippen LogP contribution is -2.37. The maximum atomic E-state index is 14.2. The predicted octanol–water partition coefficient (Wildman–Crippen LogP) is 5.71. The number of halogens is 4. The zero-order valence-electron chi connectivity index (χ0n) is 17.7. The minimum Gasteiger partial charge on any atom is -0.506 e. The van der Waals surface area contributed by atoms with Gasteiger partial charge in [0.05, 0.1) is 30.6 Å². The molecule has 1 aromatic heterocycles. The summed E-state index contributed by atoms with van der Waals surface area (Å²) in [5.41, 5.74) is 5.58. The fraction of sp³-hybridized carbons (Fsp3) is 0.318. The van der Waals surface area contributed by atoms with Crippen molar-refractivity contribution < 1.29 is 14.2 Å². The second-order valence-corrected chi connectivity index (χ2v) is 9.21. The van der Waals surface area contributed by atoms with Gasteiger partial charge in [-0.15, -0.1) is 0 Å². The first kappa shape index (κ1) is 23.9. The van der Waals surface area contributed by atoms with Crippen LogP contribution in [-0.2, 0) is 4.74 Å². The quantitative estimate of drug-likeness (QED) is 0.362. The van der Waals surface area contributed by atoms with Crippen LogP contribution in [0.2, 0.25) is 5.02 Å². The Hall–Kier alpha value is -2.20. The van der Waals surface area contributed by atoms with Gasteiger partial charge in [0.25, 0.3) is 0 Å². The predicted molar refractivity (Wildman–Crippen MR) is 133 cm³/mol. The van der Waals surface area contributed by atoms with Gasteiger partial charge in [-0.25, -0.2) is 14.8 Å². The van der Waals surface area contributed by atoms with E-state index >= 15 is 0 Å². The Morgan fingerprint density at radius 1 is 1.33 bits per heavy atom. The number of allylic oxidation sites excluding steroid dienone is 4. The maximum Gasteiger partial charge on any atom is 0.245 e. The Morgan fingerprint density at radius 3 is 2.82 bits per heavy atom. The number of hydrazone groups is 1. The van der Waals surface area contributed by atoms with Crippen LogP contribution in [0.15, 0.2) is 38.5 Å². The summed E-state index contributed by atoms with van der Waals surface area (Å²) in [5, 5.41) is 15.6. The molecule has 33 heavy (non-hydrogen) atoms. The molecule has 1 aromatic carbocycles. The van der Waals surface area contributed by atoms with Crippen LogP contribution in [0.3, 0.4) is 0 Å². The van der Waals surface area contributed by atoms with Gasteiger partial charge >= 0.3 is 0 Å². The number of hydrogen-bond donors (Lipinski definition) is 2. The van der Waals surface area contributed by atoms with Gasteiger partial charge in [0.1, 0.15) is 5.75 Å². The lowest BCUT2D eigenvalue weighted by molar-refractivity contribution is 0.122. The largest absolute Gasteiger partial charge is 0.506 e. The molecule has 0 amide bonds. The van der Waals surface area contributed by atoms with Crippen LogP contribution < -0.4 is 10.3 Å². The molecule has 2 aliphatic rings. The second kappa shape index (κ2) is 10.4. The molecule has 4 rings (SSSR count). The van der Waals surface area contributed by atoms with Crippen molar-refractivity contribution in [1.29, 1.82) is 0 Å². The number of nitrogens with zero attached hydrogens (tertiary/aromatic N) is 4. The van der Waals surface area contributed by atoms with Crippen molar-refractivity contribution in [3.63, 3.8) is 0 Å². The van der Waals surface area contributed by atoms with E-state index in [-0.39, 0.29) is 22.5 Å². The van der Waals surface area contributed by atoms with Crippen molar-refractivity contribution in [2.45, 2.75) is 19.8 Å². The maximum absolute atomic E-state index is 14.2. The molecule has 11 heteroatoms. The van der Waals surface area contributed by atoms with Gasteiger partial charge in [0, 0.05) is 39.3 Å². The molecular formula is C22H21BrCl2FN5O2. The summed E-state index contributed by atoms with van der Waals surface area (Å²) in [4.78, 5) is 9.92. The first-order valence-electron chi connectivity index (χ1n) is 10.3. The molecule has 1 aliphatic carbocycles. The van der Waals surface area contributed by atoms with Crippen LogP contribution >= 0.6 is 39.1 Å². The van der Waals surface area contributed by atoms with E-state index in [9.17, 15) is 9.50 Å². The number of anilines is 2. The lowest BCUT2D eigenvalue weighted by Gasteiger charge is -2.27. The summed E-state index contributed by atoms with van der Waals surface area (Å²) in [6, 6.07) is 1.70. The molecule has 2 N–H and O–H groups in total. The van der Waals surface area contributed by atoms with Gasteiger partial charge in [0.15, 0.2) is 11.6 Å². The summed E-state index contributed by atoms with van der Waals surface area (Å²) >= 11 is 16.5. The minimum absolute atomic E-state index is 0.121. The number of hydrogen-bond acceptors (Lipinski definition) is 7. The smallest absolute Gasteiger partial charge is 0.245 e. The van der Waals surface area contributed by atoms with Crippen molar-refractivity contribution in [1.82, 2.24) is 9.97 Å². The second-order valence-electron chi connectivity index (χ2n) is 7.57. The first-order chi connectivity index (χ1) is 15.9. The van der Waals surface area contributed by atoms with Crippen molar-refractivity contribution in [3.8, 4) is 5.75 Å². The summed E-state index contributed by atoms with van der Waals surface area (Å²) in [6.45, 7) is 4.09. The number of phenols is 1. The number of ether oxygens (including phenoxy) is 1. The lowest BCUT2D eigenvalue weighted by atomic mass is 9.92. The van der Waals surface area contributed by atoms with E-state index in [0.717, 1.165) is 30.2 Å². The highest BCUT2D eigenvalue weighted by Crippen LogP contribution is 2.45. The van der Waals surface area contributed by atoms with Gasteiger partial charge in [-0.2, -0.15) is 10.1 Å². The van der Waals surface area contributed by atoms with E-state index in [1.165, 1.54) is 6.21 Å². The highest BCUT2D eigenvalue weighted by molar-refractivity contribution is 9.10. The standard InChI is InChI=1S/C22H21BrCl2FN5O2/c1-12-3-2-4-15(24)17(12)18-14(23)9-13(20(32)19(18)25)10-28-30-22-27-11-16(26)21(29-22)31-5-7-33-8-6-31/h4,9-11,32H,2-3,5-8H2,1H3,(H,27,29,30)/b28-10-. The molecule has 1 aliphatic heterocycles. The van der Waals surface area contributed by atoms with Gasteiger partial charge in [-0.1, -0.05) is 50.8 Å². The molecule has 2 heterocycles. The number of aromatic nitrogens is 2. The van der Waals surface area contributed by atoms with E-state index in [1.54, 1.807) is 11.0 Å². The van der Waals surface area contributed by atoms with Gasteiger partial charge in [0.2, 0.25) is 5.95 Å². The molecule has 174 valence electrons. The van der Waals surface area contributed by atoms with Gasteiger partial charge in [-0.3, -0.25) is 0 Å². The number of aromatic hydroxyl groups is 1. The van der Waals surface area contributed by atoms with Crippen LogP contribution in [0.25, 0.3) is 5.57 Å². The number of morpholine rings is 1. The van der Waals surface area contributed by atoms with Crippen molar-refractivity contribution in [2.24, 2.45) is 5.10 Å². The fourth-order valence-electron chi connectivity index (χ4n) is 3.70. The fourth-order valence-corrected chi connectivity index (χ4v) is 5.13. The third-order valence-corrected chi connectivity index (χ3v) is 6.72. The highest BCUT2D eigenvalue weighted by Gasteiger charge is 2.23. The van der Waals surface area contributed by atoms with E-state index in [0.29, 0.717) is 46.9 Å². The monoisotopic (exact) mass is 555 g/mol. The molecule has 0 unspecified atom stereocenters. The normalized spacial score (nSPS) is 17.0. The SMILES string of the molecule is CC1=C(c2c(Br)cc(/C=N\Nc3ncc(F)c(N4CCOCC4)n3)c(O)c2Cl)C(Cl)=CCC1. The molecule has 0 spiro atoms. The van der Waals surface area contributed by atoms with Crippen LogP contribution in [0.5, 0.6) is 5.75 Å². The summed E-state index contributed by atoms with van der Waals surface area (Å²) < 4.78 is 20.2. The van der Waals surface area contributed by atoms with E-state index in [1.807, 2.05) is 13.0 Å². The van der Waals surface area contributed by atoms with Crippen LogP contribution in [0, 0.1) is 5.82 Å². The van der Waals surface area contributed by atoms with Crippen LogP contribution in [-0.4, -0.2) is 47.6 Å². The van der Waals surface area contributed by atoms with Crippen molar-refractivity contribution in [2.75, 3.05) is 36.6 Å². The zero-order valence-corrected chi connectivity index (χ0v) is 20.8. The minimum atomic E-state index is -0.518. The number of rotatable bonds is 5. The van der Waals surface area contributed by atoms with Crippen LogP contribution in [0.4, 0.5) is 16.2 Å². The summed E-state index contributed by atoms with van der Waals surface area (Å²) in [5.74, 6) is -0.347. The van der Waals surface area contributed by atoms with E-state index < -0.39 is 5.82 Å². The summed E-state index contributed by atoms with van der Waals surface area (Å²) in [6.07, 6.45) is 6.15. The van der Waals surface area contributed by atoms with Crippen molar-refractivity contribution in [3.05, 3.63) is 55.4 Å². The molecule has 1 saturated heterocycles. The first-order valence-corrected chi connectivity index (χ1v) is 11.8. The molecule has 7 nitrogen and oxygen atoms in total. The third-order valence-electron chi connectivity index (χ3n) is 5.38. The van der Waals surface area contributed by atoms with Gasteiger partial charge in [-0.05, 0) is 25.8 Å². The Balaban J connectivity index is 1.57. The Morgan fingerprint density at radius 2 is 2.09 bits per heavy atom. The topological polar surface area (TPSA) is 82.9 Å². The number of benzene rings is 1. The number of nitrogens with one attached hydrogen (secondary N) is 1. The molecule has 1 fully saturated rings. The van der Waals surface area contributed by atoms with Crippen LogP contribution in [0.1, 0.15) is 30.9 Å². The third kappa shape index (κ3) is 5.16. The molecule has 0 saturated carbocycles.